The Kier molecular flexibility index (Phi) is 5.11. The molecule has 1 atom stereocenters. The molecule has 2 aromatic carbocycles. The minimum atomic E-state index is -1.04. The number of primary amides is 1. The molecule has 1 saturated carbocycles. The van der Waals surface area contributed by atoms with Gasteiger partial charge in [-0.25, -0.2) is 4.21 Å². The average molecular weight is 422 g/mol. The van der Waals surface area contributed by atoms with E-state index in [2.05, 4.69) is 17.4 Å². The molecule has 3 N–H and O–H groups in total. The largest absolute Gasteiger partial charge is 0.382 e. The lowest BCUT2D eigenvalue weighted by Crippen LogP contribution is -2.24. The maximum atomic E-state index is 12.8. The van der Waals surface area contributed by atoms with Crippen LogP contribution >= 0.6 is 0 Å². The maximum absolute atomic E-state index is 12.8. The summed E-state index contributed by atoms with van der Waals surface area (Å²) in [5.74, 6) is 0.282. The molecule has 3 aromatic rings. The number of para-hydroxylation sites is 1. The Morgan fingerprint density at radius 2 is 1.87 bits per heavy atom. The summed E-state index contributed by atoms with van der Waals surface area (Å²) < 4.78 is 14.8. The predicted molar refractivity (Wildman–Crippen MR) is 123 cm³/mol. The number of aromatic nitrogens is 1. The molecular formula is C24H27N3O2S. The summed E-state index contributed by atoms with van der Waals surface area (Å²) >= 11 is 0. The van der Waals surface area contributed by atoms with E-state index in [0.29, 0.717) is 17.4 Å². The Morgan fingerprint density at radius 3 is 2.67 bits per heavy atom. The number of nitrogens with zero attached hydrogens (tertiary/aromatic N) is 1. The highest BCUT2D eigenvalue weighted by molar-refractivity contribution is 7.83. The summed E-state index contributed by atoms with van der Waals surface area (Å²) in [4.78, 5) is 12.1. The molecule has 156 valence electrons. The van der Waals surface area contributed by atoms with E-state index in [9.17, 15) is 9.00 Å². The first-order valence-electron chi connectivity index (χ1n) is 10.9. The van der Waals surface area contributed by atoms with Gasteiger partial charge in [0.05, 0.1) is 11.1 Å². The number of nitrogens with one attached hydrogen (secondary N) is 1. The zero-order valence-corrected chi connectivity index (χ0v) is 17.8. The van der Waals surface area contributed by atoms with E-state index in [1.54, 1.807) is 0 Å². The summed E-state index contributed by atoms with van der Waals surface area (Å²) in [7, 11) is -1.04. The summed E-state index contributed by atoms with van der Waals surface area (Å²) in [6.07, 6.45) is 7.76. The van der Waals surface area contributed by atoms with Crippen molar-refractivity contribution >= 4 is 33.5 Å². The van der Waals surface area contributed by atoms with Gasteiger partial charge in [-0.2, -0.15) is 0 Å². The molecule has 1 aromatic heterocycles. The second-order valence-corrected chi connectivity index (χ2v) is 9.78. The van der Waals surface area contributed by atoms with Gasteiger partial charge < -0.3 is 11.1 Å². The van der Waals surface area contributed by atoms with Crippen LogP contribution in [0.25, 0.3) is 22.0 Å². The number of rotatable bonds is 4. The van der Waals surface area contributed by atoms with Crippen molar-refractivity contribution in [3.05, 3.63) is 53.7 Å². The molecule has 2 heterocycles. The van der Waals surface area contributed by atoms with Gasteiger partial charge in [0, 0.05) is 34.1 Å². The van der Waals surface area contributed by atoms with Gasteiger partial charge in [0.2, 0.25) is 0 Å². The normalized spacial score (nSPS) is 19.5. The summed E-state index contributed by atoms with van der Waals surface area (Å²) in [5, 5.41) is 4.71. The fraction of sp³-hybridized carbons (Fsp3) is 0.375. The highest BCUT2D eigenvalue weighted by Crippen LogP contribution is 2.39. The van der Waals surface area contributed by atoms with Gasteiger partial charge >= 0.3 is 0 Å². The van der Waals surface area contributed by atoms with Crippen LogP contribution in [0.3, 0.4) is 0 Å². The standard InChI is InChI=1S/C24H27N3O2S/c25-24(28)18-13-12-16(15-20(18)26-17-7-2-1-3-8-17)23-19-9-4-5-10-21(19)27-22(23)11-6-14-30(27)29/h4-5,9-10,12-13,15,17,26H,1-3,6-8,11,14H2,(H2,25,28). The molecule has 0 spiro atoms. The van der Waals surface area contributed by atoms with Crippen LogP contribution in [0.4, 0.5) is 5.69 Å². The Labute approximate surface area is 179 Å². The van der Waals surface area contributed by atoms with Crippen molar-refractivity contribution in [2.45, 2.75) is 51.0 Å². The second kappa shape index (κ2) is 7.91. The van der Waals surface area contributed by atoms with Crippen LogP contribution in [0, 0.1) is 0 Å². The van der Waals surface area contributed by atoms with Gasteiger partial charge in [0.1, 0.15) is 11.0 Å². The van der Waals surface area contributed by atoms with E-state index >= 15 is 0 Å². The van der Waals surface area contributed by atoms with Crippen LogP contribution < -0.4 is 11.1 Å². The Morgan fingerprint density at radius 1 is 1.07 bits per heavy atom. The van der Waals surface area contributed by atoms with Crippen molar-refractivity contribution in [2.75, 3.05) is 11.1 Å². The SMILES string of the molecule is NC(=O)c1ccc(-c2c3n(c4ccccc24)S(=O)CCC3)cc1NC1CCCCC1. The van der Waals surface area contributed by atoms with Crippen molar-refractivity contribution in [1.29, 1.82) is 0 Å². The van der Waals surface area contributed by atoms with Crippen LogP contribution in [-0.4, -0.2) is 25.9 Å². The quantitative estimate of drug-likeness (QED) is 0.646. The fourth-order valence-corrected chi connectivity index (χ4v) is 6.38. The zero-order chi connectivity index (χ0) is 20.7. The van der Waals surface area contributed by atoms with Crippen molar-refractivity contribution in [1.82, 2.24) is 3.97 Å². The average Bonchev–Trinajstić information content (AvgIpc) is 3.10. The van der Waals surface area contributed by atoms with Gasteiger partial charge in [-0.3, -0.25) is 8.77 Å². The third kappa shape index (κ3) is 3.33. The lowest BCUT2D eigenvalue weighted by molar-refractivity contribution is 0.100. The van der Waals surface area contributed by atoms with Crippen molar-refractivity contribution in [3.63, 3.8) is 0 Å². The predicted octanol–water partition coefficient (Wildman–Crippen LogP) is 4.61. The lowest BCUT2D eigenvalue weighted by atomic mass is 9.94. The molecule has 1 fully saturated rings. The summed E-state index contributed by atoms with van der Waals surface area (Å²) in [5.41, 5.74) is 11.3. The minimum absolute atomic E-state index is 0.374. The number of nitrogens with two attached hydrogens (primary N) is 1. The van der Waals surface area contributed by atoms with E-state index in [1.807, 2.05) is 34.3 Å². The van der Waals surface area contributed by atoms with E-state index < -0.39 is 16.9 Å². The number of carbonyl (C=O) groups is 1. The molecule has 0 bridgehead atoms. The third-order valence-corrected chi connectivity index (χ3v) is 7.86. The van der Waals surface area contributed by atoms with Gasteiger partial charge in [-0.15, -0.1) is 0 Å². The number of carbonyl (C=O) groups excluding carboxylic acids is 1. The summed E-state index contributed by atoms with van der Waals surface area (Å²) in [6.45, 7) is 0. The molecule has 1 amide bonds. The second-order valence-electron chi connectivity index (χ2n) is 8.37. The van der Waals surface area contributed by atoms with Crippen molar-refractivity contribution in [2.24, 2.45) is 5.73 Å². The molecule has 5 nitrogen and oxygen atoms in total. The molecule has 1 aliphatic carbocycles. The van der Waals surface area contributed by atoms with Crippen LogP contribution in [-0.2, 0) is 17.4 Å². The highest BCUT2D eigenvalue weighted by Gasteiger charge is 2.25. The zero-order valence-electron chi connectivity index (χ0n) is 17.0. The van der Waals surface area contributed by atoms with E-state index in [-0.39, 0.29) is 0 Å². The van der Waals surface area contributed by atoms with E-state index in [4.69, 9.17) is 5.73 Å². The topological polar surface area (TPSA) is 77.1 Å². The molecule has 1 aliphatic heterocycles. The van der Waals surface area contributed by atoms with Crippen LogP contribution in [0.1, 0.15) is 54.6 Å². The van der Waals surface area contributed by atoms with E-state index in [0.717, 1.165) is 59.1 Å². The monoisotopic (exact) mass is 421 g/mol. The van der Waals surface area contributed by atoms with Crippen molar-refractivity contribution in [3.8, 4) is 11.1 Å². The lowest BCUT2D eigenvalue weighted by Gasteiger charge is -2.25. The molecule has 0 saturated heterocycles. The minimum Gasteiger partial charge on any atom is -0.382 e. The molecule has 2 aliphatic rings. The van der Waals surface area contributed by atoms with E-state index in [1.165, 1.54) is 19.3 Å². The first-order valence-corrected chi connectivity index (χ1v) is 12.1. The number of anilines is 1. The molecule has 30 heavy (non-hydrogen) atoms. The number of benzene rings is 2. The Balaban J connectivity index is 1.66. The first-order chi connectivity index (χ1) is 14.6. The Bertz CT molecular complexity index is 1140. The first kappa shape index (κ1) is 19.4. The molecule has 5 rings (SSSR count). The summed E-state index contributed by atoms with van der Waals surface area (Å²) in [6, 6.07) is 14.4. The van der Waals surface area contributed by atoms with Gasteiger partial charge in [0.25, 0.3) is 5.91 Å². The number of hydrogen-bond donors (Lipinski definition) is 2. The third-order valence-electron chi connectivity index (χ3n) is 6.40. The number of fused-ring (bicyclic) bond motifs is 3. The molecule has 6 heteroatoms. The highest BCUT2D eigenvalue weighted by atomic mass is 32.2. The molecule has 1 unspecified atom stereocenters. The smallest absolute Gasteiger partial charge is 0.250 e. The van der Waals surface area contributed by atoms with Gasteiger partial charge in [-0.1, -0.05) is 43.5 Å². The van der Waals surface area contributed by atoms with Crippen molar-refractivity contribution < 1.29 is 9.00 Å². The Hall–Kier alpha value is -2.60. The fourth-order valence-electron chi connectivity index (χ4n) is 5.00. The van der Waals surface area contributed by atoms with Gasteiger partial charge in [0.15, 0.2) is 0 Å². The van der Waals surface area contributed by atoms with Gasteiger partial charge in [-0.05, 0) is 49.4 Å². The van der Waals surface area contributed by atoms with Crippen LogP contribution in [0.15, 0.2) is 42.5 Å². The molecular weight excluding hydrogens is 394 g/mol. The number of amides is 1. The van der Waals surface area contributed by atoms with Crippen LogP contribution in [0.2, 0.25) is 0 Å². The molecule has 0 radical (unpaired) electrons. The number of hydrogen-bond acceptors (Lipinski definition) is 3. The maximum Gasteiger partial charge on any atom is 0.250 e. The van der Waals surface area contributed by atoms with Crippen LogP contribution in [0.5, 0.6) is 0 Å².